The summed E-state index contributed by atoms with van der Waals surface area (Å²) in [5.41, 5.74) is 2.59. The van der Waals surface area contributed by atoms with Crippen molar-refractivity contribution in [1.29, 1.82) is 0 Å². The number of carboxylic acid groups (broad SMARTS) is 1. The predicted molar refractivity (Wildman–Crippen MR) is 53.3 cm³/mol. The van der Waals surface area contributed by atoms with Crippen LogP contribution in [-0.4, -0.2) is 15.6 Å². The first-order valence-electron chi connectivity index (χ1n) is 5.03. The molecule has 0 radical (unpaired) electrons. The summed E-state index contributed by atoms with van der Waals surface area (Å²) in [5, 5.41) is 8.79. The molecule has 1 atom stereocenters. The highest BCUT2D eigenvalue weighted by Crippen LogP contribution is 2.34. The summed E-state index contributed by atoms with van der Waals surface area (Å²) in [6.45, 7) is 0. The molecule has 76 valence electrons. The Morgan fingerprint density at radius 3 is 3.14 bits per heavy atom. The molecule has 14 heavy (non-hydrogen) atoms. The molecule has 3 heteroatoms. The molecule has 0 spiro atoms. The van der Waals surface area contributed by atoms with Crippen molar-refractivity contribution in [3.8, 4) is 0 Å². The molecule has 0 aliphatic heterocycles. The van der Waals surface area contributed by atoms with Gasteiger partial charge in [0.15, 0.2) is 0 Å². The summed E-state index contributed by atoms with van der Waals surface area (Å²) in [4.78, 5) is 10.7. The van der Waals surface area contributed by atoms with Crippen LogP contribution in [0.15, 0.2) is 12.4 Å². The number of rotatable bonds is 2. The Morgan fingerprint density at radius 2 is 2.43 bits per heavy atom. The fraction of sp³-hybridized carbons (Fsp3) is 0.545. The number of carbonyl (C=O) groups is 1. The monoisotopic (exact) mass is 193 g/mol. The average Bonchev–Trinajstić information content (AvgIpc) is 2.45. The minimum absolute atomic E-state index is 0.234. The van der Waals surface area contributed by atoms with Gasteiger partial charge in [-0.3, -0.25) is 4.79 Å². The number of nitrogens with zero attached hydrogens (tertiary/aromatic N) is 1. The Morgan fingerprint density at radius 1 is 1.64 bits per heavy atom. The molecular weight excluding hydrogens is 178 g/mol. The Balaban J connectivity index is 2.25. The fourth-order valence-corrected chi connectivity index (χ4v) is 2.35. The van der Waals surface area contributed by atoms with E-state index in [0.717, 1.165) is 19.3 Å². The fourth-order valence-electron chi connectivity index (χ4n) is 2.35. The topological polar surface area (TPSA) is 42.2 Å². The molecule has 0 saturated carbocycles. The molecular formula is C11H15NO2. The zero-order valence-electron chi connectivity index (χ0n) is 8.36. The van der Waals surface area contributed by atoms with E-state index in [1.54, 1.807) is 0 Å². The lowest BCUT2D eigenvalue weighted by atomic mass is 9.84. The Kier molecular flexibility index (Phi) is 2.32. The lowest BCUT2D eigenvalue weighted by Gasteiger charge is -2.20. The van der Waals surface area contributed by atoms with Crippen molar-refractivity contribution >= 4 is 5.97 Å². The van der Waals surface area contributed by atoms with Crippen molar-refractivity contribution in [2.24, 2.45) is 7.05 Å². The van der Waals surface area contributed by atoms with Crippen LogP contribution >= 0.6 is 0 Å². The highest BCUT2D eigenvalue weighted by molar-refractivity contribution is 5.68. The molecule has 0 bridgehead atoms. The molecule has 0 saturated heterocycles. The highest BCUT2D eigenvalue weighted by Gasteiger charge is 2.23. The summed E-state index contributed by atoms with van der Waals surface area (Å²) >= 11 is 0. The SMILES string of the molecule is Cn1cc2c(c1)C(CC(=O)O)CCC2. The molecule has 1 aliphatic carbocycles. The standard InChI is InChI=1S/C11H15NO2/c1-12-6-9-4-2-3-8(5-11(13)14)10(9)7-12/h6-8H,2-5H2,1H3,(H,13,14). The second-order valence-electron chi connectivity index (χ2n) is 4.09. The van der Waals surface area contributed by atoms with Crippen LogP contribution in [0.2, 0.25) is 0 Å². The van der Waals surface area contributed by atoms with E-state index in [-0.39, 0.29) is 12.3 Å². The summed E-state index contributed by atoms with van der Waals surface area (Å²) in [7, 11) is 2.00. The van der Waals surface area contributed by atoms with Gasteiger partial charge in [0.2, 0.25) is 0 Å². The van der Waals surface area contributed by atoms with E-state index >= 15 is 0 Å². The van der Waals surface area contributed by atoms with E-state index in [4.69, 9.17) is 5.11 Å². The molecule has 0 amide bonds. The number of aliphatic carboxylic acids is 1. The Labute approximate surface area is 83.4 Å². The molecule has 1 aromatic heterocycles. The number of aromatic nitrogens is 1. The maximum atomic E-state index is 10.7. The number of fused-ring (bicyclic) bond motifs is 1. The summed E-state index contributed by atoms with van der Waals surface area (Å²) in [6.07, 6.45) is 7.70. The van der Waals surface area contributed by atoms with E-state index in [0.29, 0.717) is 0 Å². The molecule has 1 N–H and O–H groups in total. The van der Waals surface area contributed by atoms with Gasteiger partial charge in [-0.05, 0) is 36.3 Å². The van der Waals surface area contributed by atoms with Gasteiger partial charge >= 0.3 is 5.97 Å². The molecule has 1 aliphatic rings. The number of hydrogen-bond donors (Lipinski definition) is 1. The lowest BCUT2D eigenvalue weighted by molar-refractivity contribution is -0.137. The number of hydrogen-bond acceptors (Lipinski definition) is 1. The van der Waals surface area contributed by atoms with E-state index in [2.05, 4.69) is 12.4 Å². The van der Waals surface area contributed by atoms with Crippen molar-refractivity contribution in [3.05, 3.63) is 23.5 Å². The molecule has 1 aromatic rings. The Hall–Kier alpha value is -1.25. The van der Waals surface area contributed by atoms with Crippen LogP contribution in [0.4, 0.5) is 0 Å². The number of carboxylic acids is 1. The van der Waals surface area contributed by atoms with E-state index in [1.807, 2.05) is 11.6 Å². The maximum Gasteiger partial charge on any atom is 0.303 e. The summed E-state index contributed by atoms with van der Waals surface area (Å²) in [6, 6.07) is 0. The molecule has 3 nitrogen and oxygen atoms in total. The van der Waals surface area contributed by atoms with Crippen LogP contribution in [0.1, 0.15) is 36.3 Å². The van der Waals surface area contributed by atoms with Crippen LogP contribution in [0.5, 0.6) is 0 Å². The predicted octanol–water partition coefficient (Wildman–Crippen LogP) is 1.92. The van der Waals surface area contributed by atoms with Gasteiger partial charge in [-0.1, -0.05) is 0 Å². The van der Waals surface area contributed by atoms with E-state index in [9.17, 15) is 4.79 Å². The lowest BCUT2D eigenvalue weighted by Crippen LogP contribution is -2.11. The smallest absolute Gasteiger partial charge is 0.303 e. The van der Waals surface area contributed by atoms with Gasteiger partial charge in [0, 0.05) is 19.4 Å². The highest BCUT2D eigenvalue weighted by atomic mass is 16.4. The minimum Gasteiger partial charge on any atom is -0.481 e. The largest absolute Gasteiger partial charge is 0.481 e. The minimum atomic E-state index is -0.688. The van der Waals surface area contributed by atoms with Gasteiger partial charge in [-0.2, -0.15) is 0 Å². The third kappa shape index (κ3) is 1.67. The van der Waals surface area contributed by atoms with Crippen molar-refractivity contribution in [2.75, 3.05) is 0 Å². The quantitative estimate of drug-likeness (QED) is 0.779. The van der Waals surface area contributed by atoms with Crippen LogP contribution < -0.4 is 0 Å². The zero-order valence-corrected chi connectivity index (χ0v) is 8.36. The first-order valence-corrected chi connectivity index (χ1v) is 5.03. The molecule has 2 rings (SSSR count). The van der Waals surface area contributed by atoms with E-state index in [1.165, 1.54) is 11.1 Å². The second-order valence-corrected chi connectivity index (χ2v) is 4.09. The third-order valence-electron chi connectivity index (χ3n) is 2.93. The van der Waals surface area contributed by atoms with E-state index < -0.39 is 5.97 Å². The van der Waals surface area contributed by atoms with Gasteiger partial charge in [-0.25, -0.2) is 0 Å². The van der Waals surface area contributed by atoms with Gasteiger partial charge < -0.3 is 9.67 Å². The third-order valence-corrected chi connectivity index (χ3v) is 2.93. The van der Waals surface area contributed by atoms with Crippen molar-refractivity contribution in [2.45, 2.75) is 31.6 Å². The number of aryl methyl sites for hydroxylation is 2. The van der Waals surface area contributed by atoms with Gasteiger partial charge in [0.1, 0.15) is 0 Å². The van der Waals surface area contributed by atoms with Gasteiger partial charge in [-0.15, -0.1) is 0 Å². The first-order chi connectivity index (χ1) is 6.66. The first kappa shape index (κ1) is 9.31. The maximum absolute atomic E-state index is 10.7. The zero-order chi connectivity index (χ0) is 10.1. The molecule has 1 heterocycles. The van der Waals surface area contributed by atoms with Crippen LogP contribution in [0, 0.1) is 0 Å². The van der Waals surface area contributed by atoms with Crippen LogP contribution in [0.3, 0.4) is 0 Å². The molecule has 0 aromatic carbocycles. The normalized spacial score (nSPS) is 20.5. The van der Waals surface area contributed by atoms with Crippen LogP contribution in [0.25, 0.3) is 0 Å². The van der Waals surface area contributed by atoms with Crippen molar-refractivity contribution < 1.29 is 9.90 Å². The second kappa shape index (κ2) is 3.48. The van der Waals surface area contributed by atoms with Crippen LogP contribution in [-0.2, 0) is 18.3 Å². The Bertz CT molecular complexity index is 354. The van der Waals surface area contributed by atoms with Crippen molar-refractivity contribution in [3.63, 3.8) is 0 Å². The summed E-state index contributed by atoms with van der Waals surface area (Å²) in [5.74, 6) is -0.454. The van der Waals surface area contributed by atoms with Gasteiger partial charge in [0.25, 0.3) is 0 Å². The molecule has 0 fully saturated rings. The summed E-state index contributed by atoms with van der Waals surface area (Å²) < 4.78 is 2.03. The molecule has 1 unspecified atom stereocenters. The van der Waals surface area contributed by atoms with Gasteiger partial charge in [0.05, 0.1) is 6.42 Å². The van der Waals surface area contributed by atoms with Crippen molar-refractivity contribution in [1.82, 2.24) is 4.57 Å². The average molecular weight is 193 g/mol.